The molecule has 1 heterocycles. The third kappa shape index (κ3) is 5.79. The highest BCUT2D eigenvalue weighted by atomic mass is 79.9. The van der Waals surface area contributed by atoms with E-state index in [1.54, 1.807) is 23.3 Å². The van der Waals surface area contributed by atoms with Crippen LogP contribution in [-0.4, -0.2) is 40.3 Å². The van der Waals surface area contributed by atoms with Crippen molar-refractivity contribution in [1.82, 2.24) is 9.88 Å². The Bertz CT molecular complexity index is 928. The van der Waals surface area contributed by atoms with E-state index in [2.05, 4.69) is 26.2 Å². The maximum Gasteiger partial charge on any atom is 0.234 e. The summed E-state index contributed by atoms with van der Waals surface area (Å²) in [7, 11) is 1.76. The molecule has 0 aliphatic rings. The lowest BCUT2D eigenvalue weighted by molar-refractivity contribution is -0.127. The normalized spacial score (nSPS) is 10.7. The van der Waals surface area contributed by atoms with Gasteiger partial charge in [-0.25, -0.2) is 4.98 Å². The lowest BCUT2D eigenvalue weighted by Gasteiger charge is -2.15. The van der Waals surface area contributed by atoms with E-state index in [1.165, 1.54) is 11.8 Å². The third-order valence-electron chi connectivity index (χ3n) is 3.70. The zero-order valence-electron chi connectivity index (χ0n) is 14.6. The fraction of sp³-hybridized carbons (Fsp3) is 0.211. The number of hydrogen-bond acceptors (Lipinski definition) is 5. The Hall–Kier alpha value is -1.90. The molecule has 3 aromatic rings. The largest absolute Gasteiger partial charge is 0.338 e. The number of amides is 2. The number of aromatic nitrogens is 1. The van der Waals surface area contributed by atoms with E-state index >= 15 is 0 Å². The third-order valence-corrected chi connectivity index (χ3v) is 6.14. The van der Waals surface area contributed by atoms with E-state index in [0.717, 1.165) is 25.4 Å². The van der Waals surface area contributed by atoms with Crippen LogP contribution in [0.2, 0.25) is 0 Å². The first-order valence-electron chi connectivity index (χ1n) is 8.23. The summed E-state index contributed by atoms with van der Waals surface area (Å²) in [6.45, 7) is 0.475. The molecule has 1 N–H and O–H groups in total. The van der Waals surface area contributed by atoms with Crippen LogP contribution in [0.15, 0.2) is 53.0 Å². The fourth-order valence-corrected chi connectivity index (χ4v) is 4.56. The van der Waals surface area contributed by atoms with E-state index < -0.39 is 0 Å². The molecular formula is C19H18BrN3O2S2. The number of thiazole rings is 1. The molecule has 0 atom stereocenters. The van der Waals surface area contributed by atoms with Crippen molar-refractivity contribution in [2.75, 3.05) is 23.9 Å². The van der Waals surface area contributed by atoms with Gasteiger partial charge in [0.2, 0.25) is 11.8 Å². The minimum atomic E-state index is -0.125. The molecule has 0 radical (unpaired) electrons. The van der Waals surface area contributed by atoms with Gasteiger partial charge in [0.05, 0.1) is 28.3 Å². The zero-order valence-corrected chi connectivity index (χ0v) is 17.9. The predicted octanol–water partition coefficient (Wildman–Crippen LogP) is 4.39. The molecule has 1 aromatic heterocycles. The number of halogens is 1. The Balaban J connectivity index is 1.43. The summed E-state index contributed by atoms with van der Waals surface area (Å²) in [6, 6.07) is 15.3. The number of carbonyl (C=O) groups is 2. The first-order valence-corrected chi connectivity index (χ1v) is 11.0. The molecule has 2 aromatic carbocycles. The van der Waals surface area contributed by atoms with Crippen LogP contribution in [0, 0.1) is 0 Å². The van der Waals surface area contributed by atoms with Crippen LogP contribution >= 0.6 is 39.0 Å². The molecular weight excluding hydrogens is 446 g/mol. The van der Waals surface area contributed by atoms with Crippen LogP contribution in [0.25, 0.3) is 10.2 Å². The molecule has 0 bridgehead atoms. The molecule has 8 heteroatoms. The number of anilines is 1. The van der Waals surface area contributed by atoms with Crippen LogP contribution in [0.5, 0.6) is 0 Å². The summed E-state index contributed by atoms with van der Waals surface area (Å²) in [5.41, 5.74) is 1.69. The molecule has 2 amide bonds. The minimum Gasteiger partial charge on any atom is -0.338 e. The average molecular weight is 464 g/mol. The molecule has 27 heavy (non-hydrogen) atoms. The van der Waals surface area contributed by atoms with E-state index in [1.807, 2.05) is 48.5 Å². The van der Waals surface area contributed by atoms with Crippen LogP contribution in [0.4, 0.5) is 5.69 Å². The average Bonchev–Trinajstić information content (AvgIpc) is 3.03. The first-order chi connectivity index (χ1) is 13.0. The van der Waals surface area contributed by atoms with Crippen molar-refractivity contribution in [1.29, 1.82) is 0 Å². The maximum atomic E-state index is 12.3. The predicted molar refractivity (Wildman–Crippen MR) is 116 cm³/mol. The number of thioether (sulfide) groups is 1. The summed E-state index contributed by atoms with van der Waals surface area (Å²) in [4.78, 5) is 30.5. The van der Waals surface area contributed by atoms with Crippen LogP contribution in [-0.2, 0) is 16.1 Å². The van der Waals surface area contributed by atoms with E-state index in [9.17, 15) is 9.59 Å². The number of rotatable bonds is 7. The Labute approximate surface area is 174 Å². The van der Waals surface area contributed by atoms with Gasteiger partial charge >= 0.3 is 0 Å². The highest BCUT2D eigenvalue weighted by Crippen LogP contribution is 2.22. The van der Waals surface area contributed by atoms with Gasteiger partial charge in [0.25, 0.3) is 0 Å². The van der Waals surface area contributed by atoms with Crippen molar-refractivity contribution >= 4 is 66.7 Å². The van der Waals surface area contributed by atoms with Gasteiger partial charge in [0, 0.05) is 17.2 Å². The molecule has 3 rings (SSSR count). The summed E-state index contributed by atoms with van der Waals surface area (Å²) >= 11 is 6.27. The Morgan fingerprint density at radius 1 is 1.19 bits per heavy atom. The number of nitrogens with one attached hydrogen (secondary N) is 1. The smallest absolute Gasteiger partial charge is 0.234 e. The minimum absolute atomic E-state index is 0.0190. The number of nitrogens with zero attached hydrogens (tertiary/aromatic N) is 2. The van der Waals surface area contributed by atoms with Crippen molar-refractivity contribution in [3.63, 3.8) is 0 Å². The molecule has 0 aliphatic carbocycles. The van der Waals surface area contributed by atoms with Crippen molar-refractivity contribution in [3.05, 3.63) is 58.0 Å². The topological polar surface area (TPSA) is 62.3 Å². The van der Waals surface area contributed by atoms with Crippen molar-refractivity contribution in [3.8, 4) is 0 Å². The van der Waals surface area contributed by atoms with Gasteiger partial charge in [-0.2, -0.15) is 0 Å². The van der Waals surface area contributed by atoms with Gasteiger partial charge in [-0.3, -0.25) is 9.59 Å². The molecule has 0 spiro atoms. The summed E-state index contributed by atoms with van der Waals surface area (Å²) in [5, 5.41) is 3.72. The van der Waals surface area contributed by atoms with E-state index in [4.69, 9.17) is 0 Å². The number of para-hydroxylation sites is 1. The lowest BCUT2D eigenvalue weighted by atomic mass is 10.3. The van der Waals surface area contributed by atoms with Gasteiger partial charge < -0.3 is 10.2 Å². The monoisotopic (exact) mass is 463 g/mol. The number of hydrogen-bond donors (Lipinski definition) is 1. The highest BCUT2D eigenvalue weighted by molar-refractivity contribution is 9.10. The van der Waals surface area contributed by atoms with Crippen LogP contribution in [0.1, 0.15) is 5.01 Å². The molecule has 0 aliphatic heterocycles. The molecule has 5 nitrogen and oxygen atoms in total. The van der Waals surface area contributed by atoms with Gasteiger partial charge in [-0.1, -0.05) is 34.1 Å². The van der Waals surface area contributed by atoms with Crippen LogP contribution in [0.3, 0.4) is 0 Å². The Kier molecular flexibility index (Phi) is 6.87. The first kappa shape index (κ1) is 19.9. The zero-order chi connectivity index (χ0) is 19.2. The second-order valence-corrected chi connectivity index (χ2v) is 8.89. The maximum absolute atomic E-state index is 12.3. The molecule has 0 fully saturated rings. The standard InChI is InChI=1S/C19H18BrN3O2S2/c1-23(10-18-22-15-7-2-3-8-16(15)27-18)19(25)12-26-11-17(24)21-14-6-4-5-13(20)9-14/h2-9H,10-12H2,1H3,(H,21,24). The summed E-state index contributed by atoms with van der Waals surface area (Å²) in [5.74, 6) is 0.342. The van der Waals surface area contributed by atoms with E-state index in [0.29, 0.717) is 6.54 Å². The fourth-order valence-electron chi connectivity index (χ4n) is 2.38. The Morgan fingerprint density at radius 3 is 2.78 bits per heavy atom. The van der Waals surface area contributed by atoms with Crippen molar-refractivity contribution < 1.29 is 9.59 Å². The van der Waals surface area contributed by atoms with Gasteiger partial charge in [0.15, 0.2) is 0 Å². The van der Waals surface area contributed by atoms with Gasteiger partial charge in [-0.15, -0.1) is 23.1 Å². The van der Waals surface area contributed by atoms with Crippen molar-refractivity contribution in [2.45, 2.75) is 6.54 Å². The molecule has 0 saturated heterocycles. The second kappa shape index (κ2) is 9.34. The quantitative estimate of drug-likeness (QED) is 0.564. The molecule has 0 saturated carbocycles. The highest BCUT2D eigenvalue weighted by Gasteiger charge is 2.13. The van der Waals surface area contributed by atoms with Gasteiger partial charge in [-0.05, 0) is 30.3 Å². The Morgan fingerprint density at radius 2 is 2.00 bits per heavy atom. The number of benzene rings is 2. The lowest BCUT2D eigenvalue weighted by Crippen LogP contribution is -2.28. The molecule has 0 unspecified atom stereocenters. The van der Waals surface area contributed by atoms with E-state index in [-0.39, 0.29) is 23.3 Å². The number of fused-ring (bicyclic) bond motifs is 1. The molecule has 140 valence electrons. The SMILES string of the molecule is CN(Cc1nc2ccccc2s1)C(=O)CSCC(=O)Nc1cccc(Br)c1. The summed E-state index contributed by atoms with van der Waals surface area (Å²) in [6.07, 6.45) is 0. The number of carbonyl (C=O) groups excluding carboxylic acids is 2. The van der Waals surface area contributed by atoms with Gasteiger partial charge in [0.1, 0.15) is 5.01 Å². The summed E-state index contributed by atoms with van der Waals surface area (Å²) < 4.78 is 2.02. The van der Waals surface area contributed by atoms with Crippen LogP contribution < -0.4 is 5.32 Å². The van der Waals surface area contributed by atoms with Crippen molar-refractivity contribution in [2.24, 2.45) is 0 Å². The second-order valence-electron chi connectivity index (χ2n) is 5.88.